The van der Waals surface area contributed by atoms with E-state index in [2.05, 4.69) is 4.90 Å². The van der Waals surface area contributed by atoms with Crippen LogP contribution in [0.3, 0.4) is 0 Å². The summed E-state index contributed by atoms with van der Waals surface area (Å²) >= 11 is 0. The van der Waals surface area contributed by atoms with Gasteiger partial charge in [0.1, 0.15) is 5.75 Å². The van der Waals surface area contributed by atoms with Crippen LogP contribution in [-0.2, 0) is 0 Å². The van der Waals surface area contributed by atoms with Crippen molar-refractivity contribution in [3.8, 4) is 5.75 Å². The molecule has 0 bridgehead atoms. The summed E-state index contributed by atoms with van der Waals surface area (Å²) < 4.78 is 5.67. The molecule has 3 rings (SSSR count). The zero-order valence-corrected chi connectivity index (χ0v) is 12.3. The summed E-state index contributed by atoms with van der Waals surface area (Å²) in [6, 6.07) is 6.62. The molecule has 0 amide bonds. The van der Waals surface area contributed by atoms with Crippen LogP contribution in [0.25, 0.3) is 0 Å². The monoisotopic (exact) mass is 289 g/mol. The number of rotatable bonds is 6. The average Bonchev–Trinajstić information content (AvgIpc) is 3.05. The first-order valence-electron chi connectivity index (χ1n) is 7.91. The standard InChI is InChI=1S/C17H23NO3/c19-17(20)13-5-7-16(8-6-13)21-10-2-9-18-11-14-3-1-4-15(14)12-18/h5-8,14-15H,1-4,9-12H2,(H,19,20)/t14-,15-/m1/s1. The van der Waals surface area contributed by atoms with Crippen LogP contribution in [0, 0.1) is 11.8 Å². The zero-order valence-electron chi connectivity index (χ0n) is 12.3. The van der Waals surface area contributed by atoms with Gasteiger partial charge in [-0.1, -0.05) is 6.42 Å². The molecule has 2 atom stereocenters. The maximum Gasteiger partial charge on any atom is 0.335 e. The number of nitrogens with zero attached hydrogens (tertiary/aromatic N) is 1. The van der Waals surface area contributed by atoms with Gasteiger partial charge in [0.2, 0.25) is 0 Å². The average molecular weight is 289 g/mol. The zero-order chi connectivity index (χ0) is 14.7. The molecule has 114 valence electrons. The lowest BCUT2D eigenvalue weighted by Gasteiger charge is -2.16. The van der Waals surface area contributed by atoms with Crippen LogP contribution in [0.4, 0.5) is 0 Å². The third-order valence-corrected chi connectivity index (χ3v) is 4.79. The Morgan fingerprint density at radius 1 is 1.19 bits per heavy atom. The number of aromatic carboxylic acids is 1. The number of benzene rings is 1. The summed E-state index contributed by atoms with van der Waals surface area (Å²) in [7, 11) is 0. The van der Waals surface area contributed by atoms with Gasteiger partial charge in [-0.3, -0.25) is 0 Å². The van der Waals surface area contributed by atoms with E-state index in [9.17, 15) is 4.79 Å². The molecular formula is C17H23NO3. The largest absolute Gasteiger partial charge is 0.494 e. The topological polar surface area (TPSA) is 49.8 Å². The molecule has 0 spiro atoms. The van der Waals surface area contributed by atoms with Crippen molar-refractivity contribution in [3.63, 3.8) is 0 Å². The number of carboxylic acids is 1. The summed E-state index contributed by atoms with van der Waals surface area (Å²) in [5.74, 6) is 1.75. The van der Waals surface area contributed by atoms with Gasteiger partial charge in [-0.25, -0.2) is 4.79 Å². The second kappa shape index (κ2) is 6.48. The van der Waals surface area contributed by atoms with Gasteiger partial charge in [-0.15, -0.1) is 0 Å². The minimum absolute atomic E-state index is 0.297. The SMILES string of the molecule is O=C(O)c1ccc(OCCCN2C[C@H]3CCC[C@@H]3C2)cc1. The van der Waals surface area contributed by atoms with Gasteiger partial charge >= 0.3 is 5.97 Å². The van der Waals surface area contributed by atoms with Gasteiger partial charge < -0.3 is 14.7 Å². The molecule has 1 aromatic carbocycles. The van der Waals surface area contributed by atoms with E-state index in [-0.39, 0.29) is 0 Å². The van der Waals surface area contributed by atoms with Crippen LogP contribution in [0.5, 0.6) is 5.75 Å². The molecule has 0 radical (unpaired) electrons. The Labute approximate surface area is 125 Å². The van der Waals surface area contributed by atoms with Gasteiger partial charge in [-0.05, 0) is 55.4 Å². The van der Waals surface area contributed by atoms with Crippen LogP contribution >= 0.6 is 0 Å². The Hall–Kier alpha value is -1.55. The summed E-state index contributed by atoms with van der Waals surface area (Å²) in [4.78, 5) is 13.3. The molecule has 21 heavy (non-hydrogen) atoms. The quantitative estimate of drug-likeness (QED) is 0.818. The summed E-state index contributed by atoms with van der Waals surface area (Å²) in [6.07, 6.45) is 5.31. The molecule has 0 unspecified atom stereocenters. The van der Waals surface area contributed by atoms with Crippen molar-refractivity contribution in [2.75, 3.05) is 26.2 Å². The van der Waals surface area contributed by atoms with E-state index in [1.54, 1.807) is 24.3 Å². The maximum atomic E-state index is 10.8. The first-order valence-corrected chi connectivity index (χ1v) is 7.91. The highest BCUT2D eigenvalue weighted by Gasteiger charge is 2.35. The van der Waals surface area contributed by atoms with Crippen molar-refractivity contribution in [1.82, 2.24) is 4.90 Å². The fourth-order valence-electron chi connectivity index (χ4n) is 3.69. The molecule has 4 nitrogen and oxygen atoms in total. The Morgan fingerprint density at radius 2 is 1.86 bits per heavy atom. The molecule has 1 heterocycles. The summed E-state index contributed by atoms with van der Waals surface area (Å²) in [5, 5.41) is 8.83. The number of fused-ring (bicyclic) bond motifs is 1. The number of hydrogen-bond donors (Lipinski definition) is 1. The van der Waals surface area contributed by atoms with Crippen LogP contribution in [0.15, 0.2) is 24.3 Å². The molecule has 1 aromatic rings. The number of ether oxygens (including phenoxy) is 1. The number of hydrogen-bond acceptors (Lipinski definition) is 3. The molecule has 1 saturated carbocycles. The van der Waals surface area contributed by atoms with Crippen molar-refractivity contribution in [2.45, 2.75) is 25.7 Å². The maximum absolute atomic E-state index is 10.8. The molecule has 1 aliphatic carbocycles. The molecule has 1 N–H and O–H groups in total. The molecule has 1 saturated heterocycles. The Balaban J connectivity index is 1.36. The van der Waals surface area contributed by atoms with Gasteiger partial charge in [-0.2, -0.15) is 0 Å². The number of carboxylic acid groups (broad SMARTS) is 1. The van der Waals surface area contributed by atoms with Gasteiger partial charge in [0, 0.05) is 19.6 Å². The smallest absolute Gasteiger partial charge is 0.335 e. The van der Waals surface area contributed by atoms with E-state index in [4.69, 9.17) is 9.84 Å². The van der Waals surface area contributed by atoms with E-state index in [1.807, 2.05) is 0 Å². The highest BCUT2D eigenvalue weighted by molar-refractivity contribution is 5.87. The summed E-state index contributed by atoms with van der Waals surface area (Å²) in [5.41, 5.74) is 0.297. The van der Waals surface area contributed by atoms with Crippen molar-refractivity contribution in [1.29, 1.82) is 0 Å². The van der Waals surface area contributed by atoms with E-state index in [0.29, 0.717) is 12.2 Å². The van der Waals surface area contributed by atoms with Crippen LogP contribution in [0.1, 0.15) is 36.0 Å². The minimum atomic E-state index is -0.902. The lowest BCUT2D eigenvalue weighted by atomic mass is 10.0. The number of carbonyl (C=O) groups is 1. The van der Waals surface area contributed by atoms with Crippen molar-refractivity contribution in [3.05, 3.63) is 29.8 Å². The van der Waals surface area contributed by atoms with Crippen molar-refractivity contribution in [2.24, 2.45) is 11.8 Å². The van der Waals surface area contributed by atoms with E-state index in [1.165, 1.54) is 32.4 Å². The van der Waals surface area contributed by atoms with Crippen LogP contribution < -0.4 is 4.74 Å². The number of likely N-dealkylation sites (tertiary alicyclic amines) is 1. The minimum Gasteiger partial charge on any atom is -0.494 e. The molecule has 0 aromatic heterocycles. The van der Waals surface area contributed by atoms with Crippen molar-refractivity contribution < 1.29 is 14.6 Å². The lowest BCUT2D eigenvalue weighted by Crippen LogP contribution is -2.24. The molecular weight excluding hydrogens is 266 g/mol. The normalized spacial score (nSPS) is 25.0. The highest BCUT2D eigenvalue weighted by Crippen LogP contribution is 2.37. The second-order valence-corrected chi connectivity index (χ2v) is 6.24. The van der Waals surface area contributed by atoms with E-state index < -0.39 is 5.97 Å². The summed E-state index contributed by atoms with van der Waals surface area (Å²) in [6.45, 7) is 4.36. The Morgan fingerprint density at radius 3 is 2.48 bits per heavy atom. The first kappa shape index (κ1) is 14.4. The first-order chi connectivity index (χ1) is 10.2. The van der Waals surface area contributed by atoms with E-state index in [0.717, 1.165) is 30.6 Å². The van der Waals surface area contributed by atoms with Gasteiger partial charge in [0.05, 0.1) is 12.2 Å². The Kier molecular flexibility index (Phi) is 4.44. The predicted molar refractivity (Wildman–Crippen MR) is 80.8 cm³/mol. The third kappa shape index (κ3) is 3.56. The van der Waals surface area contributed by atoms with Crippen LogP contribution in [-0.4, -0.2) is 42.2 Å². The Bertz CT molecular complexity index is 473. The lowest BCUT2D eigenvalue weighted by molar-refractivity contribution is 0.0697. The molecule has 2 aliphatic rings. The third-order valence-electron chi connectivity index (χ3n) is 4.79. The van der Waals surface area contributed by atoms with Gasteiger partial charge in [0.25, 0.3) is 0 Å². The van der Waals surface area contributed by atoms with Crippen LogP contribution in [0.2, 0.25) is 0 Å². The molecule has 4 heteroatoms. The predicted octanol–water partition coefficient (Wildman–Crippen LogP) is 2.89. The molecule has 1 aliphatic heterocycles. The van der Waals surface area contributed by atoms with Gasteiger partial charge in [0.15, 0.2) is 0 Å². The second-order valence-electron chi connectivity index (χ2n) is 6.24. The van der Waals surface area contributed by atoms with Crippen molar-refractivity contribution >= 4 is 5.97 Å². The van der Waals surface area contributed by atoms with E-state index >= 15 is 0 Å². The fraction of sp³-hybridized carbons (Fsp3) is 0.588. The molecule has 2 fully saturated rings. The fourth-order valence-corrected chi connectivity index (χ4v) is 3.69. The highest BCUT2D eigenvalue weighted by atomic mass is 16.5.